The number of fused-ring (bicyclic) bond motifs is 1. The Kier molecular flexibility index (Phi) is 4.41. The van der Waals surface area contributed by atoms with Gasteiger partial charge in [0.1, 0.15) is 12.4 Å². The fraction of sp³-hybridized carbons (Fsp3) is 0.333. The van der Waals surface area contributed by atoms with E-state index in [0.29, 0.717) is 12.3 Å². The van der Waals surface area contributed by atoms with E-state index in [2.05, 4.69) is 29.2 Å². The van der Waals surface area contributed by atoms with Crippen LogP contribution in [0, 0.1) is 0 Å². The quantitative estimate of drug-likeness (QED) is 0.876. The summed E-state index contributed by atoms with van der Waals surface area (Å²) >= 11 is 0. The molecule has 0 bridgehead atoms. The first-order valence-electron chi connectivity index (χ1n) is 7.59. The van der Waals surface area contributed by atoms with Crippen LogP contribution in [0.3, 0.4) is 0 Å². The Morgan fingerprint density at radius 2 is 1.52 bits per heavy atom. The van der Waals surface area contributed by atoms with Crippen LogP contribution in [-0.2, 0) is 12.8 Å². The number of benzene rings is 2. The van der Waals surface area contributed by atoms with E-state index in [1.54, 1.807) is 0 Å². The van der Waals surface area contributed by atoms with E-state index in [9.17, 15) is 0 Å². The van der Waals surface area contributed by atoms with Crippen LogP contribution in [0.25, 0.3) is 0 Å². The van der Waals surface area contributed by atoms with E-state index in [1.165, 1.54) is 11.1 Å². The summed E-state index contributed by atoms with van der Waals surface area (Å²) in [6.45, 7) is 3.84. The van der Waals surface area contributed by atoms with Gasteiger partial charge in [0.15, 0.2) is 0 Å². The van der Waals surface area contributed by atoms with Crippen molar-refractivity contribution in [2.45, 2.75) is 12.8 Å². The largest absolute Gasteiger partial charge is 0.490 e. The summed E-state index contributed by atoms with van der Waals surface area (Å²) in [5.41, 5.74) is 9.58. The first-order chi connectivity index (χ1) is 10.3. The molecule has 0 aliphatic carbocycles. The topological polar surface area (TPSA) is 38.5 Å². The predicted molar refractivity (Wildman–Crippen MR) is 86.6 cm³/mol. The van der Waals surface area contributed by atoms with Crippen LogP contribution in [0.15, 0.2) is 48.5 Å². The van der Waals surface area contributed by atoms with Crippen LogP contribution in [0.1, 0.15) is 11.1 Å². The summed E-state index contributed by atoms with van der Waals surface area (Å²) in [5, 5.41) is 0. The second-order valence-corrected chi connectivity index (χ2v) is 5.50. The van der Waals surface area contributed by atoms with Crippen molar-refractivity contribution in [1.82, 2.24) is 4.90 Å². The van der Waals surface area contributed by atoms with Gasteiger partial charge in [-0.25, -0.2) is 0 Å². The van der Waals surface area contributed by atoms with Crippen molar-refractivity contribution in [3.8, 4) is 5.75 Å². The number of rotatable bonds is 4. The number of hydrogen-bond donors (Lipinski definition) is 1. The molecule has 3 heteroatoms. The molecule has 0 amide bonds. The van der Waals surface area contributed by atoms with Crippen molar-refractivity contribution >= 4 is 5.69 Å². The molecule has 2 aromatic carbocycles. The predicted octanol–water partition coefficient (Wildman–Crippen LogP) is 2.75. The van der Waals surface area contributed by atoms with Crippen LogP contribution >= 0.6 is 0 Å². The molecule has 0 unspecified atom stereocenters. The van der Waals surface area contributed by atoms with Crippen LogP contribution in [0.5, 0.6) is 5.75 Å². The summed E-state index contributed by atoms with van der Waals surface area (Å²) in [4.78, 5) is 2.47. The molecule has 1 aliphatic heterocycles. The highest BCUT2D eigenvalue weighted by atomic mass is 16.5. The molecule has 110 valence electrons. The molecule has 2 N–H and O–H groups in total. The second-order valence-electron chi connectivity index (χ2n) is 5.50. The number of nitrogen functional groups attached to an aromatic ring is 1. The van der Waals surface area contributed by atoms with Crippen molar-refractivity contribution in [3.05, 3.63) is 59.7 Å². The molecule has 0 aromatic heterocycles. The van der Waals surface area contributed by atoms with E-state index in [4.69, 9.17) is 10.5 Å². The van der Waals surface area contributed by atoms with E-state index < -0.39 is 0 Å². The summed E-state index contributed by atoms with van der Waals surface area (Å²) in [6.07, 6.45) is 2.26. The Morgan fingerprint density at radius 3 is 2.19 bits per heavy atom. The van der Waals surface area contributed by atoms with E-state index >= 15 is 0 Å². The first kappa shape index (κ1) is 14.0. The molecule has 0 spiro atoms. The van der Waals surface area contributed by atoms with Crippen LogP contribution in [0.2, 0.25) is 0 Å². The molecule has 0 radical (unpaired) electrons. The highest BCUT2D eigenvalue weighted by Crippen LogP contribution is 2.20. The molecule has 0 fully saturated rings. The number of para-hydroxylation sites is 2. The smallest absolute Gasteiger partial charge is 0.142 e. The SMILES string of the molecule is Nc1ccccc1OCCN1CCc2ccccc2CC1. The Morgan fingerprint density at radius 1 is 0.905 bits per heavy atom. The Hall–Kier alpha value is -2.00. The molecule has 1 heterocycles. The van der Waals surface area contributed by atoms with Gasteiger partial charge in [0, 0.05) is 19.6 Å². The van der Waals surface area contributed by atoms with Gasteiger partial charge < -0.3 is 10.5 Å². The van der Waals surface area contributed by atoms with Gasteiger partial charge in [-0.2, -0.15) is 0 Å². The normalized spacial score (nSPS) is 15.2. The number of anilines is 1. The van der Waals surface area contributed by atoms with Crippen LogP contribution in [0.4, 0.5) is 5.69 Å². The van der Waals surface area contributed by atoms with Crippen LogP contribution < -0.4 is 10.5 Å². The Balaban J connectivity index is 1.50. The molecule has 3 rings (SSSR count). The Labute approximate surface area is 126 Å². The molecule has 1 aliphatic rings. The Bertz CT molecular complexity index is 570. The van der Waals surface area contributed by atoms with Gasteiger partial charge in [0.25, 0.3) is 0 Å². The number of ether oxygens (including phenoxy) is 1. The zero-order chi connectivity index (χ0) is 14.5. The average molecular weight is 282 g/mol. The van der Waals surface area contributed by atoms with Crippen molar-refractivity contribution in [3.63, 3.8) is 0 Å². The molecular formula is C18H22N2O. The minimum atomic E-state index is 0.685. The number of nitrogens with two attached hydrogens (primary N) is 1. The highest BCUT2D eigenvalue weighted by molar-refractivity contribution is 5.51. The van der Waals surface area contributed by atoms with Crippen molar-refractivity contribution < 1.29 is 4.74 Å². The second kappa shape index (κ2) is 6.64. The zero-order valence-electron chi connectivity index (χ0n) is 12.3. The summed E-state index contributed by atoms with van der Waals surface area (Å²) in [5.74, 6) is 0.788. The van der Waals surface area contributed by atoms with Gasteiger partial charge in [-0.1, -0.05) is 36.4 Å². The third-order valence-corrected chi connectivity index (χ3v) is 4.10. The summed E-state index contributed by atoms with van der Waals surface area (Å²) in [7, 11) is 0. The molecule has 2 aromatic rings. The maximum atomic E-state index is 5.88. The average Bonchev–Trinajstić information content (AvgIpc) is 2.72. The third kappa shape index (κ3) is 3.56. The monoisotopic (exact) mass is 282 g/mol. The lowest BCUT2D eigenvalue weighted by Gasteiger charge is -2.20. The highest BCUT2D eigenvalue weighted by Gasteiger charge is 2.13. The van der Waals surface area contributed by atoms with Gasteiger partial charge >= 0.3 is 0 Å². The molecule has 0 atom stereocenters. The number of hydrogen-bond acceptors (Lipinski definition) is 3. The van der Waals surface area contributed by atoms with E-state index in [-0.39, 0.29) is 0 Å². The van der Waals surface area contributed by atoms with Crippen molar-refractivity contribution in [2.75, 3.05) is 32.0 Å². The molecular weight excluding hydrogens is 260 g/mol. The van der Waals surface area contributed by atoms with Crippen molar-refractivity contribution in [2.24, 2.45) is 0 Å². The fourth-order valence-electron chi connectivity index (χ4n) is 2.83. The lowest BCUT2D eigenvalue weighted by molar-refractivity contribution is 0.216. The maximum Gasteiger partial charge on any atom is 0.142 e. The first-order valence-corrected chi connectivity index (χ1v) is 7.59. The fourth-order valence-corrected chi connectivity index (χ4v) is 2.83. The maximum absolute atomic E-state index is 5.88. The van der Waals surface area contributed by atoms with Gasteiger partial charge in [0.05, 0.1) is 5.69 Å². The summed E-state index contributed by atoms with van der Waals surface area (Å²) in [6, 6.07) is 16.4. The molecule has 3 nitrogen and oxygen atoms in total. The molecule has 21 heavy (non-hydrogen) atoms. The lowest BCUT2D eigenvalue weighted by atomic mass is 10.0. The minimum absolute atomic E-state index is 0.685. The van der Waals surface area contributed by atoms with Crippen LogP contribution in [-0.4, -0.2) is 31.1 Å². The van der Waals surface area contributed by atoms with Gasteiger partial charge in [-0.3, -0.25) is 4.90 Å². The van der Waals surface area contributed by atoms with E-state index in [0.717, 1.165) is 38.2 Å². The minimum Gasteiger partial charge on any atom is -0.490 e. The van der Waals surface area contributed by atoms with Gasteiger partial charge in [-0.15, -0.1) is 0 Å². The lowest BCUT2D eigenvalue weighted by Crippen LogP contribution is -2.30. The number of nitrogens with zero attached hydrogens (tertiary/aromatic N) is 1. The zero-order valence-corrected chi connectivity index (χ0v) is 12.3. The third-order valence-electron chi connectivity index (χ3n) is 4.10. The standard InChI is InChI=1S/C18H22N2O/c19-17-7-3-4-8-18(17)21-14-13-20-11-9-15-5-1-2-6-16(15)10-12-20/h1-8H,9-14,19H2. The van der Waals surface area contributed by atoms with Gasteiger partial charge in [0.2, 0.25) is 0 Å². The summed E-state index contributed by atoms with van der Waals surface area (Å²) < 4.78 is 5.79. The molecule has 0 saturated heterocycles. The molecule has 0 saturated carbocycles. The van der Waals surface area contributed by atoms with Crippen molar-refractivity contribution in [1.29, 1.82) is 0 Å². The van der Waals surface area contributed by atoms with E-state index in [1.807, 2.05) is 24.3 Å². The van der Waals surface area contributed by atoms with Gasteiger partial charge in [-0.05, 0) is 36.1 Å².